The zero-order chi connectivity index (χ0) is 20.5. The molecule has 1 atom stereocenters. The summed E-state index contributed by atoms with van der Waals surface area (Å²) in [6.45, 7) is 0.705. The van der Waals surface area contributed by atoms with E-state index in [0.717, 1.165) is 30.5 Å². The molecule has 1 amide bonds. The maximum absolute atomic E-state index is 12.8. The lowest BCUT2D eigenvalue weighted by Crippen LogP contribution is -2.31. The van der Waals surface area contributed by atoms with Crippen molar-refractivity contribution in [2.45, 2.75) is 31.8 Å². The number of benzene rings is 2. The average Bonchev–Trinajstić information content (AvgIpc) is 3.18. The molecule has 0 fully saturated rings. The number of aromatic nitrogens is 2. The van der Waals surface area contributed by atoms with E-state index in [0.29, 0.717) is 17.5 Å². The third kappa shape index (κ3) is 3.41. The van der Waals surface area contributed by atoms with Crippen LogP contribution in [0.3, 0.4) is 0 Å². The van der Waals surface area contributed by atoms with Crippen molar-refractivity contribution >= 4 is 16.9 Å². The van der Waals surface area contributed by atoms with Crippen LogP contribution in [0.25, 0.3) is 11.0 Å². The maximum Gasteiger partial charge on any atom is 0.287 e. The molecule has 0 unspecified atom stereocenters. The van der Waals surface area contributed by atoms with Crippen molar-refractivity contribution in [1.82, 2.24) is 15.1 Å². The van der Waals surface area contributed by atoms with Crippen molar-refractivity contribution < 1.29 is 9.21 Å². The summed E-state index contributed by atoms with van der Waals surface area (Å²) < 4.78 is 7.70. The molecule has 1 aliphatic carbocycles. The second-order valence-electron chi connectivity index (χ2n) is 7.58. The number of rotatable bonds is 4. The van der Waals surface area contributed by atoms with Gasteiger partial charge in [0.1, 0.15) is 5.58 Å². The molecule has 1 N–H and O–H groups in total. The van der Waals surface area contributed by atoms with E-state index in [2.05, 4.69) is 22.5 Å². The lowest BCUT2D eigenvalue weighted by molar-refractivity contribution is 0.0905. The standard InChI is InChI=1S/C24H21N3O3/c28-21-13-23(30-22-12-5-4-9-17(21)22)24(29)26-19-10-6-11-20-18(19)14-25-27(20)15-16-7-2-1-3-8-16/h1-5,7-9,12-14,19H,6,10-11,15H2,(H,26,29)/t19-/m1/s1. The van der Waals surface area contributed by atoms with Gasteiger partial charge in [-0.2, -0.15) is 5.10 Å². The molecule has 0 saturated carbocycles. The van der Waals surface area contributed by atoms with Crippen LogP contribution in [0, 0.1) is 0 Å². The highest BCUT2D eigenvalue weighted by Gasteiger charge is 2.26. The van der Waals surface area contributed by atoms with Gasteiger partial charge in [0, 0.05) is 17.3 Å². The van der Waals surface area contributed by atoms with Gasteiger partial charge in [-0.15, -0.1) is 0 Å². The normalized spacial score (nSPS) is 15.7. The van der Waals surface area contributed by atoms with Crippen LogP contribution in [-0.4, -0.2) is 15.7 Å². The zero-order valence-corrected chi connectivity index (χ0v) is 16.4. The molecular formula is C24H21N3O3. The smallest absolute Gasteiger partial charge is 0.287 e. The van der Waals surface area contributed by atoms with Crippen molar-refractivity contribution in [2.24, 2.45) is 0 Å². The quantitative estimate of drug-likeness (QED) is 0.566. The van der Waals surface area contributed by atoms with Crippen LogP contribution in [-0.2, 0) is 13.0 Å². The Hall–Kier alpha value is -3.67. The summed E-state index contributed by atoms with van der Waals surface area (Å²) >= 11 is 0. The topological polar surface area (TPSA) is 77.1 Å². The molecule has 4 aromatic rings. The van der Waals surface area contributed by atoms with Gasteiger partial charge in [0.05, 0.1) is 24.2 Å². The molecule has 5 rings (SSSR count). The number of fused-ring (bicyclic) bond motifs is 2. The third-order valence-corrected chi connectivity index (χ3v) is 5.60. The summed E-state index contributed by atoms with van der Waals surface area (Å²) in [7, 11) is 0. The van der Waals surface area contributed by atoms with Crippen molar-refractivity contribution in [2.75, 3.05) is 0 Å². The Bertz CT molecular complexity index is 1270. The van der Waals surface area contributed by atoms with E-state index in [9.17, 15) is 9.59 Å². The minimum absolute atomic E-state index is 0.0301. The van der Waals surface area contributed by atoms with E-state index < -0.39 is 0 Å². The van der Waals surface area contributed by atoms with Gasteiger partial charge >= 0.3 is 0 Å². The van der Waals surface area contributed by atoms with Crippen LogP contribution in [0.15, 0.2) is 76.1 Å². The van der Waals surface area contributed by atoms with E-state index in [1.807, 2.05) is 29.1 Å². The number of para-hydroxylation sites is 1. The number of amides is 1. The fourth-order valence-electron chi connectivity index (χ4n) is 4.11. The Balaban J connectivity index is 1.39. The van der Waals surface area contributed by atoms with Gasteiger partial charge in [0.2, 0.25) is 0 Å². The molecule has 2 aromatic heterocycles. The number of nitrogens with zero attached hydrogens (tertiary/aromatic N) is 2. The first kappa shape index (κ1) is 18.4. The van der Waals surface area contributed by atoms with E-state index in [1.54, 1.807) is 24.3 Å². The van der Waals surface area contributed by atoms with Crippen molar-refractivity contribution in [3.8, 4) is 0 Å². The molecule has 2 heterocycles. The average molecular weight is 399 g/mol. The molecule has 1 aliphatic rings. The maximum atomic E-state index is 12.8. The third-order valence-electron chi connectivity index (χ3n) is 5.60. The molecule has 0 aliphatic heterocycles. The lowest BCUT2D eigenvalue weighted by Gasteiger charge is -2.24. The van der Waals surface area contributed by atoms with Crippen LogP contribution >= 0.6 is 0 Å². The number of carbonyl (C=O) groups excluding carboxylic acids is 1. The highest BCUT2D eigenvalue weighted by molar-refractivity contribution is 5.93. The molecule has 6 heteroatoms. The zero-order valence-electron chi connectivity index (χ0n) is 16.4. The van der Waals surface area contributed by atoms with Crippen molar-refractivity contribution in [3.63, 3.8) is 0 Å². The van der Waals surface area contributed by atoms with Crippen LogP contribution in [0.5, 0.6) is 0 Å². The van der Waals surface area contributed by atoms with Crippen LogP contribution in [0.1, 0.15) is 46.3 Å². The monoisotopic (exact) mass is 399 g/mol. The molecule has 0 saturated heterocycles. The second-order valence-corrected chi connectivity index (χ2v) is 7.58. The first-order valence-electron chi connectivity index (χ1n) is 10.1. The SMILES string of the molecule is O=C(N[C@@H]1CCCc2c1cnn2Cc1ccccc1)c1cc(=O)c2ccccc2o1. The van der Waals surface area contributed by atoms with Crippen molar-refractivity contribution in [1.29, 1.82) is 0 Å². The molecule has 2 aromatic carbocycles. The highest BCUT2D eigenvalue weighted by Crippen LogP contribution is 2.30. The number of nitrogens with one attached hydrogen (secondary N) is 1. The van der Waals surface area contributed by atoms with E-state index in [1.165, 1.54) is 11.6 Å². The van der Waals surface area contributed by atoms with Gasteiger partial charge in [-0.05, 0) is 37.0 Å². The summed E-state index contributed by atoms with van der Waals surface area (Å²) in [6.07, 6.45) is 4.56. The van der Waals surface area contributed by atoms with Gasteiger partial charge in [0.25, 0.3) is 5.91 Å². The molecule has 30 heavy (non-hydrogen) atoms. The van der Waals surface area contributed by atoms with Gasteiger partial charge in [-0.25, -0.2) is 0 Å². The van der Waals surface area contributed by atoms with E-state index >= 15 is 0 Å². The molecule has 0 radical (unpaired) electrons. The minimum atomic E-state index is -0.383. The van der Waals surface area contributed by atoms with Crippen LogP contribution < -0.4 is 10.7 Å². The Kier molecular flexibility index (Phi) is 4.67. The number of hydrogen-bond donors (Lipinski definition) is 1. The fraction of sp³-hybridized carbons (Fsp3) is 0.208. The highest BCUT2D eigenvalue weighted by atomic mass is 16.3. The lowest BCUT2D eigenvalue weighted by atomic mass is 9.92. The Morgan fingerprint density at radius 1 is 1.13 bits per heavy atom. The molecule has 150 valence electrons. The van der Waals surface area contributed by atoms with Gasteiger partial charge in [-0.1, -0.05) is 42.5 Å². The molecule has 6 nitrogen and oxygen atoms in total. The summed E-state index contributed by atoms with van der Waals surface area (Å²) in [5, 5.41) is 8.07. The first-order chi connectivity index (χ1) is 14.7. The Morgan fingerprint density at radius 2 is 1.93 bits per heavy atom. The van der Waals surface area contributed by atoms with E-state index in [-0.39, 0.29) is 23.1 Å². The Labute approximate surface area is 173 Å². The Morgan fingerprint density at radius 3 is 2.80 bits per heavy atom. The second kappa shape index (κ2) is 7.63. The first-order valence-corrected chi connectivity index (χ1v) is 10.1. The minimum Gasteiger partial charge on any atom is -0.451 e. The van der Waals surface area contributed by atoms with E-state index in [4.69, 9.17) is 4.42 Å². The van der Waals surface area contributed by atoms with Crippen molar-refractivity contribution in [3.05, 3.63) is 99.7 Å². The van der Waals surface area contributed by atoms with Gasteiger partial charge in [-0.3, -0.25) is 14.3 Å². The van der Waals surface area contributed by atoms with Crippen LogP contribution in [0.2, 0.25) is 0 Å². The summed E-state index contributed by atoms with van der Waals surface area (Å²) in [6, 6.07) is 18.3. The fourth-order valence-corrected chi connectivity index (χ4v) is 4.11. The van der Waals surface area contributed by atoms with Crippen LogP contribution in [0.4, 0.5) is 0 Å². The van der Waals surface area contributed by atoms with Gasteiger partial charge < -0.3 is 9.73 Å². The predicted molar refractivity (Wildman–Crippen MR) is 113 cm³/mol. The van der Waals surface area contributed by atoms with Gasteiger partial charge in [0.15, 0.2) is 11.2 Å². The largest absolute Gasteiger partial charge is 0.451 e. The molecule has 0 spiro atoms. The summed E-state index contributed by atoms with van der Waals surface area (Å²) in [5.74, 6) is -0.353. The predicted octanol–water partition coefficient (Wildman–Crippen LogP) is 3.85. The molecule has 0 bridgehead atoms. The summed E-state index contributed by atoms with van der Waals surface area (Å²) in [4.78, 5) is 25.2. The number of carbonyl (C=O) groups is 1. The number of hydrogen-bond acceptors (Lipinski definition) is 4. The molecular weight excluding hydrogens is 378 g/mol. The summed E-state index contributed by atoms with van der Waals surface area (Å²) in [5.41, 5.74) is 3.56.